The van der Waals surface area contributed by atoms with Crippen molar-refractivity contribution in [2.24, 2.45) is 0 Å². The Morgan fingerprint density at radius 3 is 2.52 bits per heavy atom. The molecule has 2 aliphatic rings. The summed E-state index contributed by atoms with van der Waals surface area (Å²) in [6.45, 7) is 5.04. The molecule has 1 saturated heterocycles. The molecule has 9 nitrogen and oxygen atoms in total. The topological polar surface area (TPSA) is 100 Å². The zero-order valence-electron chi connectivity index (χ0n) is 18.9. The standard InChI is InChI=1S/C23H28N4O5S/c1-3-32-23(29)19-6-8-21(24-16-19)25-10-4-11-26(14-13-25)22(28)18-5-7-20-17(15-18)9-12-27(20)33(2,30)31/h5-8,15-16H,3-4,9-14H2,1-2H3. The van der Waals surface area contributed by atoms with E-state index in [1.807, 2.05) is 11.0 Å². The van der Waals surface area contributed by atoms with Gasteiger partial charge in [0.1, 0.15) is 5.82 Å². The number of carbonyl (C=O) groups is 2. The van der Waals surface area contributed by atoms with Crippen LogP contribution in [0.5, 0.6) is 0 Å². The van der Waals surface area contributed by atoms with Crippen LogP contribution in [0.1, 0.15) is 39.6 Å². The molecule has 0 bridgehead atoms. The first-order valence-electron chi connectivity index (χ1n) is 11.1. The number of sulfonamides is 1. The smallest absolute Gasteiger partial charge is 0.339 e. The largest absolute Gasteiger partial charge is 0.462 e. The number of nitrogens with zero attached hydrogens (tertiary/aromatic N) is 4. The zero-order chi connectivity index (χ0) is 23.6. The minimum atomic E-state index is -3.32. The van der Waals surface area contributed by atoms with Crippen LogP contribution in [0.4, 0.5) is 11.5 Å². The first-order chi connectivity index (χ1) is 15.8. The average Bonchev–Trinajstić information content (AvgIpc) is 3.08. The van der Waals surface area contributed by atoms with Gasteiger partial charge in [0.2, 0.25) is 10.0 Å². The van der Waals surface area contributed by atoms with Gasteiger partial charge in [-0.05, 0) is 55.7 Å². The first kappa shape index (κ1) is 23.0. The summed E-state index contributed by atoms with van der Waals surface area (Å²) in [5.74, 6) is 0.317. The highest BCUT2D eigenvalue weighted by molar-refractivity contribution is 7.92. The molecule has 0 unspecified atom stereocenters. The van der Waals surface area contributed by atoms with Gasteiger partial charge in [0.05, 0.1) is 24.1 Å². The molecule has 33 heavy (non-hydrogen) atoms. The zero-order valence-corrected chi connectivity index (χ0v) is 19.7. The summed E-state index contributed by atoms with van der Waals surface area (Å²) in [4.78, 5) is 33.3. The average molecular weight is 473 g/mol. The number of aromatic nitrogens is 1. The van der Waals surface area contributed by atoms with Gasteiger partial charge in [-0.3, -0.25) is 9.10 Å². The summed E-state index contributed by atoms with van der Waals surface area (Å²) in [5.41, 5.74) is 2.54. The molecule has 10 heteroatoms. The fourth-order valence-electron chi connectivity index (χ4n) is 4.29. The Labute approximate surface area is 194 Å². The third kappa shape index (κ3) is 4.95. The molecule has 1 amide bonds. The number of rotatable bonds is 5. The molecule has 176 valence electrons. The fraction of sp³-hybridized carbons (Fsp3) is 0.435. The SMILES string of the molecule is CCOC(=O)c1ccc(N2CCCN(C(=O)c3ccc4c(c3)CCN4S(C)(=O)=O)CC2)nc1. The van der Waals surface area contributed by atoms with Gasteiger partial charge < -0.3 is 14.5 Å². The van der Waals surface area contributed by atoms with Crippen molar-refractivity contribution in [1.29, 1.82) is 0 Å². The number of esters is 1. The van der Waals surface area contributed by atoms with Crippen LogP contribution in [0.2, 0.25) is 0 Å². The molecule has 0 radical (unpaired) electrons. The number of fused-ring (bicyclic) bond motifs is 1. The van der Waals surface area contributed by atoms with Gasteiger partial charge in [0.15, 0.2) is 0 Å². The van der Waals surface area contributed by atoms with Crippen molar-refractivity contribution in [1.82, 2.24) is 9.88 Å². The van der Waals surface area contributed by atoms with Gasteiger partial charge in [0, 0.05) is 44.5 Å². The van der Waals surface area contributed by atoms with Crippen LogP contribution in [-0.2, 0) is 21.2 Å². The van der Waals surface area contributed by atoms with Crippen LogP contribution in [0.25, 0.3) is 0 Å². The number of amides is 1. The lowest BCUT2D eigenvalue weighted by Gasteiger charge is -2.23. The molecule has 4 rings (SSSR count). The molecule has 1 aromatic heterocycles. The summed E-state index contributed by atoms with van der Waals surface area (Å²) in [7, 11) is -3.32. The Morgan fingerprint density at radius 2 is 1.82 bits per heavy atom. The number of ether oxygens (including phenoxy) is 1. The van der Waals surface area contributed by atoms with Gasteiger partial charge in [-0.15, -0.1) is 0 Å². The second-order valence-electron chi connectivity index (χ2n) is 8.19. The molecule has 1 aromatic carbocycles. The van der Waals surface area contributed by atoms with Crippen molar-refractivity contribution in [2.45, 2.75) is 19.8 Å². The van der Waals surface area contributed by atoms with Gasteiger partial charge in [-0.2, -0.15) is 0 Å². The van der Waals surface area contributed by atoms with E-state index in [4.69, 9.17) is 4.74 Å². The van der Waals surface area contributed by atoms with E-state index in [1.54, 1.807) is 31.2 Å². The van der Waals surface area contributed by atoms with Crippen LogP contribution >= 0.6 is 0 Å². The van der Waals surface area contributed by atoms with Crippen molar-refractivity contribution < 1.29 is 22.7 Å². The number of pyridine rings is 1. The van der Waals surface area contributed by atoms with Crippen molar-refractivity contribution in [3.63, 3.8) is 0 Å². The third-order valence-corrected chi connectivity index (χ3v) is 7.13. The van der Waals surface area contributed by atoms with Crippen LogP contribution in [0, 0.1) is 0 Å². The van der Waals surface area contributed by atoms with Crippen LogP contribution in [-0.4, -0.2) is 75.8 Å². The highest BCUT2D eigenvalue weighted by Crippen LogP contribution is 2.31. The normalized spacial score (nSPS) is 16.4. The summed E-state index contributed by atoms with van der Waals surface area (Å²) in [6.07, 6.45) is 4.11. The molecule has 0 N–H and O–H groups in total. The van der Waals surface area contributed by atoms with Crippen LogP contribution in [0.3, 0.4) is 0 Å². The highest BCUT2D eigenvalue weighted by atomic mass is 32.2. The van der Waals surface area contributed by atoms with Crippen molar-refractivity contribution in [3.05, 3.63) is 53.2 Å². The van der Waals surface area contributed by atoms with Gasteiger partial charge in [-0.25, -0.2) is 18.2 Å². The minimum absolute atomic E-state index is 0.0527. The first-order valence-corrected chi connectivity index (χ1v) is 12.9. The Kier molecular flexibility index (Phi) is 6.55. The Balaban J connectivity index is 1.42. The van der Waals surface area contributed by atoms with Crippen LogP contribution < -0.4 is 9.21 Å². The maximum absolute atomic E-state index is 13.2. The van der Waals surface area contributed by atoms with E-state index in [1.165, 1.54) is 16.8 Å². The molecular weight excluding hydrogens is 444 g/mol. The Morgan fingerprint density at radius 1 is 1.03 bits per heavy atom. The van der Waals surface area contributed by atoms with Crippen molar-refractivity contribution in [2.75, 3.05) is 54.8 Å². The van der Waals surface area contributed by atoms with E-state index in [2.05, 4.69) is 9.88 Å². The fourth-order valence-corrected chi connectivity index (χ4v) is 5.25. The molecular formula is C23H28N4O5S. The molecule has 0 spiro atoms. The number of carbonyl (C=O) groups excluding carboxylic acids is 2. The summed E-state index contributed by atoms with van der Waals surface area (Å²) in [5, 5.41) is 0. The quantitative estimate of drug-likeness (QED) is 0.613. The number of anilines is 2. The molecule has 2 aliphatic heterocycles. The maximum atomic E-state index is 13.2. The number of hydrogen-bond acceptors (Lipinski definition) is 7. The molecule has 2 aromatic rings. The Hall–Kier alpha value is -3.14. The van der Waals surface area contributed by atoms with Gasteiger partial charge in [-0.1, -0.05) is 0 Å². The second-order valence-corrected chi connectivity index (χ2v) is 10.1. The van der Waals surface area contributed by atoms with E-state index >= 15 is 0 Å². The summed E-state index contributed by atoms with van der Waals surface area (Å²) in [6, 6.07) is 8.77. The summed E-state index contributed by atoms with van der Waals surface area (Å²) < 4.78 is 30.3. The van der Waals surface area contributed by atoms with E-state index in [0.29, 0.717) is 56.0 Å². The predicted molar refractivity (Wildman–Crippen MR) is 125 cm³/mol. The van der Waals surface area contributed by atoms with Crippen molar-refractivity contribution >= 4 is 33.4 Å². The summed E-state index contributed by atoms with van der Waals surface area (Å²) >= 11 is 0. The van der Waals surface area contributed by atoms with E-state index < -0.39 is 16.0 Å². The van der Waals surface area contributed by atoms with Gasteiger partial charge in [0.25, 0.3) is 5.91 Å². The van der Waals surface area contributed by atoms with E-state index in [0.717, 1.165) is 24.3 Å². The van der Waals surface area contributed by atoms with Crippen molar-refractivity contribution in [3.8, 4) is 0 Å². The molecule has 0 atom stereocenters. The monoisotopic (exact) mass is 472 g/mol. The lowest BCUT2D eigenvalue weighted by atomic mass is 10.1. The van der Waals surface area contributed by atoms with E-state index in [-0.39, 0.29) is 5.91 Å². The van der Waals surface area contributed by atoms with Gasteiger partial charge >= 0.3 is 5.97 Å². The lowest BCUT2D eigenvalue weighted by molar-refractivity contribution is 0.0525. The third-order valence-electron chi connectivity index (χ3n) is 5.95. The predicted octanol–water partition coefficient (Wildman–Crippen LogP) is 1.93. The number of hydrogen-bond donors (Lipinski definition) is 0. The molecule has 3 heterocycles. The molecule has 0 saturated carbocycles. The second kappa shape index (κ2) is 9.38. The minimum Gasteiger partial charge on any atom is -0.462 e. The highest BCUT2D eigenvalue weighted by Gasteiger charge is 2.28. The number of benzene rings is 1. The molecule has 0 aliphatic carbocycles. The lowest BCUT2D eigenvalue weighted by Crippen LogP contribution is -2.35. The maximum Gasteiger partial charge on any atom is 0.339 e. The Bertz CT molecular complexity index is 1150. The van der Waals surface area contributed by atoms with Crippen LogP contribution in [0.15, 0.2) is 36.5 Å². The van der Waals surface area contributed by atoms with E-state index in [9.17, 15) is 18.0 Å². The molecule has 1 fully saturated rings.